The third-order valence-corrected chi connectivity index (χ3v) is 1.33. The van der Waals surface area contributed by atoms with Crippen molar-refractivity contribution < 1.29 is 0 Å². The summed E-state index contributed by atoms with van der Waals surface area (Å²) in [6, 6.07) is 0. The lowest BCUT2D eigenvalue weighted by Crippen LogP contribution is -2.17. The number of nitrogens with zero attached hydrogens (tertiary/aromatic N) is 1. The molecule has 0 N–H and O–H groups in total. The predicted octanol–water partition coefficient (Wildman–Crippen LogP) is 2.24. The zero-order valence-electron chi connectivity index (χ0n) is 7.29. The van der Waals surface area contributed by atoms with E-state index in [1.807, 2.05) is 12.2 Å². The molecule has 0 atom stereocenters. The fourth-order valence-electron chi connectivity index (χ4n) is 0.742. The zero-order valence-corrected chi connectivity index (χ0v) is 7.29. The summed E-state index contributed by atoms with van der Waals surface area (Å²) in [6.45, 7) is 9.22. The Bertz CT molecular complexity index is 136. The monoisotopic (exact) mass is 151 g/mol. The van der Waals surface area contributed by atoms with E-state index in [2.05, 4.69) is 37.3 Å². The Morgan fingerprint density at radius 2 is 1.82 bits per heavy atom. The van der Waals surface area contributed by atoms with Gasteiger partial charge in [0.1, 0.15) is 0 Å². The average Bonchev–Trinajstić information content (AvgIpc) is 1.99. The van der Waals surface area contributed by atoms with Gasteiger partial charge in [0, 0.05) is 13.1 Å². The first-order valence-electron chi connectivity index (χ1n) is 3.86. The summed E-state index contributed by atoms with van der Waals surface area (Å²) in [5.41, 5.74) is 0. The summed E-state index contributed by atoms with van der Waals surface area (Å²) in [5, 5.41) is 0. The molecule has 0 aromatic heterocycles. The van der Waals surface area contributed by atoms with Crippen LogP contribution in [-0.2, 0) is 0 Å². The molecule has 0 aliphatic heterocycles. The predicted molar refractivity (Wildman–Crippen MR) is 51.6 cm³/mol. The van der Waals surface area contributed by atoms with Crippen LogP contribution in [0.15, 0.2) is 37.5 Å². The molecule has 0 rings (SSSR count). The van der Waals surface area contributed by atoms with Gasteiger partial charge < -0.3 is 0 Å². The van der Waals surface area contributed by atoms with Crippen LogP contribution in [0.2, 0.25) is 0 Å². The molecule has 0 amide bonds. The topological polar surface area (TPSA) is 3.24 Å². The molecule has 0 unspecified atom stereocenters. The maximum atomic E-state index is 3.66. The molecule has 0 bridgehead atoms. The molecule has 11 heavy (non-hydrogen) atoms. The lowest BCUT2D eigenvalue weighted by atomic mass is 10.3. The fourth-order valence-corrected chi connectivity index (χ4v) is 0.742. The van der Waals surface area contributed by atoms with Crippen LogP contribution in [0.1, 0.15) is 6.42 Å². The van der Waals surface area contributed by atoms with Crippen molar-refractivity contribution in [1.82, 2.24) is 4.90 Å². The maximum Gasteiger partial charge on any atom is 0.0163 e. The lowest BCUT2D eigenvalue weighted by Gasteiger charge is -2.09. The highest BCUT2D eigenvalue weighted by Crippen LogP contribution is 1.86. The van der Waals surface area contributed by atoms with Gasteiger partial charge in [-0.05, 0) is 13.5 Å². The first kappa shape index (κ1) is 10.2. The largest absolute Gasteiger partial charge is 0.299 e. The Balaban J connectivity index is 3.35. The van der Waals surface area contributed by atoms with Gasteiger partial charge in [0.05, 0.1) is 0 Å². The molecule has 0 radical (unpaired) electrons. The third-order valence-electron chi connectivity index (χ3n) is 1.33. The van der Waals surface area contributed by atoms with E-state index in [1.165, 1.54) is 0 Å². The number of rotatable bonds is 6. The van der Waals surface area contributed by atoms with Crippen LogP contribution in [0.5, 0.6) is 0 Å². The molecule has 0 aromatic carbocycles. The van der Waals surface area contributed by atoms with Gasteiger partial charge in [-0.15, -0.1) is 13.2 Å². The standard InChI is InChI=1S/C10H17N/c1-4-6-7-8-10-11(3)9-5-2/h4-5,7-8H,1-2,6,9-10H2,3H3/b8-7+. The molecule has 0 fully saturated rings. The number of likely N-dealkylation sites (N-methyl/N-ethyl adjacent to an activating group) is 1. The molecule has 0 saturated heterocycles. The Labute approximate surface area is 69.7 Å². The van der Waals surface area contributed by atoms with Gasteiger partial charge >= 0.3 is 0 Å². The normalized spacial score (nSPS) is 10.7. The van der Waals surface area contributed by atoms with E-state index >= 15 is 0 Å². The van der Waals surface area contributed by atoms with E-state index in [0.717, 1.165) is 19.5 Å². The molecule has 0 aromatic rings. The van der Waals surface area contributed by atoms with E-state index < -0.39 is 0 Å². The van der Waals surface area contributed by atoms with Crippen molar-refractivity contribution in [2.24, 2.45) is 0 Å². The molecule has 0 aliphatic carbocycles. The Hall–Kier alpha value is -0.820. The minimum absolute atomic E-state index is 0.943. The molecule has 0 heterocycles. The molecular weight excluding hydrogens is 134 g/mol. The van der Waals surface area contributed by atoms with Crippen molar-refractivity contribution in [3.63, 3.8) is 0 Å². The van der Waals surface area contributed by atoms with Gasteiger partial charge in [-0.2, -0.15) is 0 Å². The highest BCUT2D eigenvalue weighted by molar-refractivity contribution is 4.90. The Kier molecular flexibility index (Phi) is 6.75. The van der Waals surface area contributed by atoms with Crippen LogP contribution in [-0.4, -0.2) is 25.0 Å². The Morgan fingerprint density at radius 3 is 2.36 bits per heavy atom. The molecule has 0 spiro atoms. The van der Waals surface area contributed by atoms with Crippen LogP contribution in [0, 0.1) is 0 Å². The fraction of sp³-hybridized carbons (Fsp3) is 0.400. The summed E-state index contributed by atoms with van der Waals surface area (Å²) in [4.78, 5) is 2.19. The van der Waals surface area contributed by atoms with E-state index in [1.54, 1.807) is 0 Å². The first-order valence-corrected chi connectivity index (χ1v) is 3.86. The minimum Gasteiger partial charge on any atom is -0.299 e. The summed E-state index contributed by atoms with van der Waals surface area (Å²) in [5.74, 6) is 0. The van der Waals surface area contributed by atoms with Gasteiger partial charge in [0.2, 0.25) is 0 Å². The van der Waals surface area contributed by atoms with Gasteiger partial charge in [-0.3, -0.25) is 4.90 Å². The van der Waals surface area contributed by atoms with E-state index in [0.29, 0.717) is 0 Å². The second-order valence-electron chi connectivity index (χ2n) is 2.51. The van der Waals surface area contributed by atoms with Crippen LogP contribution in [0.3, 0.4) is 0 Å². The van der Waals surface area contributed by atoms with Gasteiger partial charge in [0.25, 0.3) is 0 Å². The SMILES string of the molecule is C=CC/C=C/CN(C)CC=C. The Morgan fingerprint density at radius 1 is 1.09 bits per heavy atom. The average molecular weight is 151 g/mol. The number of hydrogen-bond donors (Lipinski definition) is 0. The molecule has 62 valence electrons. The highest BCUT2D eigenvalue weighted by Gasteiger charge is 1.87. The molecule has 1 heteroatoms. The minimum atomic E-state index is 0.943. The number of hydrogen-bond acceptors (Lipinski definition) is 1. The van der Waals surface area contributed by atoms with Crippen molar-refractivity contribution in [3.05, 3.63) is 37.5 Å². The third kappa shape index (κ3) is 7.07. The summed E-state index contributed by atoms with van der Waals surface area (Å²) < 4.78 is 0. The van der Waals surface area contributed by atoms with E-state index in [-0.39, 0.29) is 0 Å². The second kappa shape index (κ2) is 7.29. The van der Waals surface area contributed by atoms with Crippen molar-refractivity contribution in [3.8, 4) is 0 Å². The second-order valence-corrected chi connectivity index (χ2v) is 2.51. The lowest BCUT2D eigenvalue weighted by molar-refractivity contribution is 0.412. The van der Waals surface area contributed by atoms with Crippen LogP contribution in [0.4, 0.5) is 0 Å². The smallest absolute Gasteiger partial charge is 0.0163 e. The molecule has 0 saturated carbocycles. The van der Waals surface area contributed by atoms with Gasteiger partial charge in [0.15, 0.2) is 0 Å². The van der Waals surface area contributed by atoms with Crippen molar-refractivity contribution >= 4 is 0 Å². The summed E-state index contributed by atoms with van der Waals surface area (Å²) in [6.07, 6.45) is 9.02. The highest BCUT2D eigenvalue weighted by atomic mass is 15.1. The van der Waals surface area contributed by atoms with Crippen molar-refractivity contribution in [1.29, 1.82) is 0 Å². The van der Waals surface area contributed by atoms with E-state index in [9.17, 15) is 0 Å². The quantitative estimate of drug-likeness (QED) is 0.526. The van der Waals surface area contributed by atoms with Crippen molar-refractivity contribution in [2.75, 3.05) is 20.1 Å². The number of allylic oxidation sites excluding steroid dienone is 2. The van der Waals surface area contributed by atoms with Crippen LogP contribution >= 0.6 is 0 Å². The zero-order chi connectivity index (χ0) is 8.53. The van der Waals surface area contributed by atoms with E-state index in [4.69, 9.17) is 0 Å². The summed E-state index contributed by atoms with van der Waals surface area (Å²) >= 11 is 0. The summed E-state index contributed by atoms with van der Waals surface area (Å²) in [7, 11) is 2.07. The van der Waals surface area contributed by atoms with Crippen molar-refractivity contribution in [2.45, 2.75) is 6.42 Å². The van der Waals surface area contributed by atoms with Crippen LogP contribution in [0.25, 0.3) is 0 Å². The maximum absolute atomic E-state index is 3.66. The van der Waals surface area contributed by atoms with Crippen LogP contribution < -0.4 is 0 Å². The molecule has 0 aliphatic rings. The van der Waals surface area contributed by atoms with Gasteiger partial charge in [-0.1, -0.05) is 24.3 Å². The van der Waals surface area contributed by atoms with Gasteiger partial charge in [-0.25, -0.2) is 0 Å². The molecular formula is C10H17N. The first-order chi connectivity index (χ1) is 5.31. The molecule has 1 nitrogen and oxygen atoms in total.